The Morgan fingerprint density at radius 3 is 3.11 bits per heavy atom. The number of fused-ring (bicyclic) bond motifs is 1. The van der Waals surface area contributed by atoms with Gasteiger partial charge >= 0.3 is 0 Å². The fraction of sp³-hybridized carbons (Fsp3) is 0.400. The van der Waals surface area contributed by atoms with E-state index in [4.69, 9.17) is 4.74 Å². The molecule has 3 rings (SSSR count). The Kier molecular flexibility index (Phi) is 2.92. The topological polar surface area (TPSA) is 42.1 Å². The molecule has 18 heavy (non-hydrogen) atoms. The zero-order valence-corrected chi connectivity index (χ0v) is 10.5. The van der Waals surface area contributed by atoms with Gasteiger partial charge in [0.2, 0.25) is 0 Å². The van der Waals surface area contributed by atoms with Gasteiger partial charge in [0, 0.05) is 35.2 Å². The number of ketones is 1. The van der Waals surface area contributed by atoms with E-state index in [1.54, 1.807) is 0 Å². The van der Waals surface area contributed by atoms with Crippen molar-refractivity contribution in [1.29, 1.82) is 0 Å². The Labute approximate surface area is 106 Å². The number of aryl methyl sites for hydroxylation is 1. The summed E-state index contributed by atoms with van der Waals surface area (Å²) in [5.41, 5.74) is 3.00. The van der Waals surface area contributed by atoms with Crippen LogP contribution >= 0.6 is 0 Å². The molecule has 1 saturated heterocycles. The van der Waals surface area contributed by atoms with E-state index in [1.165, 1.54) is 0 Å². The fourth-order valence-electron chi connectivity index (χ4n) is 2.73. The van der Waals surface area contributed by atoms with Crippen LogP contribution < -0.4 is 0 Å². The molecule has 0 amide bonds. The van der Waals surface area contributed by atoms with E-state index in [9.17, 15) is 4.79 Å². The first-order chi connectivity index (χ1) is 8.77. The Hall–Kier alpha value is -1.61. The lowest BCUT2D eigenvalue weighted by atomic mass is 9.91. The number of carbonyl (C=O) groups is 1. The van der Waals surface area contributed by atoms with E-state index in [1.807, 2.05) is 31.3 Å². The highest BCUT2D eigenvalue weighted by molar-refractivity contribution is 6.09. The number of aromatic nitrogens is 1. The second kappa shape index (κ2) is 4.58. The Balaban J connectivity index is 2.01. The van der Waals surface area contributed by atoms with Crippen molar-refractivity contribution in [3.05, 3.63) is 35.5 Å². The molecule has 3 nitrogen and oxygen atoms in total. The molecule has 3 heteroatoms. The summed E-state index contributed by atoms with van der Waals surface area (Å²) >= 11 is 0. The molecular weight excluding hydrogens is 226 g/mol. The van der Waals surface area contributed by atoms with E-state index in [0.717, 1.165) is 41.5 Å². The maximum absolute atomic E-state index is 12.5. The third kappa shape index (κ3) is 1.85. The van der Waals surface area contributed by atoms with Gasteiger partial charge in [0.1, 0.15) is 0 Å². The van der Waals surface area contributed by atoms with Crippen molar-refractivity contribution in [2.45, 2.75) is 19.8 Å². The molecule has 0 aliphatic carbocycles. The van der Waals surface area contributed by atoms with Gasteiger partial charge in [-0.3, -0.25) is 4.79 Å². The second-order valence-electron chi connectivity index (χ2n) is 4.98. The van der Waals surface area contributed by atoms with E-state index >= 15 is 0 Å². The molecule has 1 atom stereocenters. The number of nitrogens with one attached hydrogen (secondary N) is 1. The SMILES string of the molecule is Cc1cccc2[nH]cc(C(=O)C3CCCOC3)c12. The zero-order chi connectivity index (χ0) is 12.5. The Bertz CT molecular complexity index is 579. The number of hydrogen-bond acceptors (Lipinski definition) is 2. The van der Waals surface area contributed by atoms with Crippen molar-refractivity contribution in [2.75, 3.05) is 13.2 Å². The summed E-state index contributed by atoms with van der Waals surface area (Å²) in [6, 6.07) is 6.06. The van der Waals surface area contributed by atoms with E-state index in [-0.39, 0.29) is 11.7 Å². The van der Waals surface area contributed by atoms with Crippen LogP contribution in [-0.4, -0.2) is 24.0 Å². The van der Waals surface area contributed by atoms with Crippen LogP contribution in [0.1, 0.15) is 28.8 Å². The standard InChI is InChI=1S/C15H17NO2/c1-10-4-2-6-13-14(10)12(8-16-13)15(17)11-5-3-7-18-9-11/h2,4,6,8,11,16H,3,5,7,9H2,1H3. The molecule has 0 saturated carbocycles. The second-order valence-corrected chi connectivity index (χ2v) is 4.98. The summed E-state index contributed by atoms with van der Waals surface area (Å²) in [6.45, 7) is 3.40. The first-order valence-corrected chi connectivity index (χ1v) is 6.46. The van der Waals surface area contributed by atoms with E-state index in [2.05, 4.69) is 4.98 Å². The predicted octanol–water partition coefficient (Wildman–Crippen LogP) is 3.09. The van der Waals surface area contributed by atoms with Crippen LogP contribution in [0.5, 0.6) is 0 Å². The monoisotopic (exact) mass is 243 g/mol. The quantitative estimate of drug-likeness (QED) is 0.823. The number of hydrogen-bond donors (Lipinski definition) is 1. The number of benzene rings is 1. The molecule has 2 heterocycles. The van der Waals surface area contributed by atoms with Gasteiger partial charge in [-0.2, -0.15) is 0 Å². The third-order valence-corrected chi connectivity index (χ3v) is 3.71. The van der Waals surface area contributed by atoms with Crippen molar-refractivity contribution in [2.24, 2.45) is 5.92 Å². The molecule has 1 aliphatic heterocycles. The normalized spacial score (nSPS) is 20.2. The van der Waals surface area contributed by atoms with Crippen molar-refractivity contribution < 1.29 is 9.53 Å². The lowest BCUT2D eigenvalue weighted by Crippen LogP contribution is -2.25. The van der Waals surface area contributed by atoms with Crippen LogP contribution in [0.4, 0.5) is 0 Å². The highest BCUT2D eigenvalue weighted by Crippen LogP contribution is 2.26. The molecule has 1 aliphatic rings. The molecular formula is C15H17NO2. The highest BCUT2D eigenvalue weighted by Gasteiger charge is 2.25. The van der Waals surface area contributed by atoms with Crippen LogP contribution in [0.25, 0.3) is 10.9 Å². The Morgan fingerprint density at radius 1 is 1.44 bits per heavy atom. The van der Waals surface area contributed by atoms with Gasteiger partial charge in [-0.1, -0.05) is 12.1 Å². The number of ether oxygens (including phenoxy) is 1. The van der Waals surface area contributed by atoms with Crippen LogP contribution in [0.15, 0.2) is 24.4 Å². The lowest BCUT2D eigenvalue weighted by Gasteiger charge is -2.20. The van der Waals surface area contributed by atoms with Crippen molar-refractivity contribution in [3.8, 4) is 0 Å². The molecule has 1 fully saturated rings. The number of H-pyrrole nitrogens is 1. The average molecular weight is 243 g/mol. The van der Waals surface area contributed by atoms with Gasteiger partial charge in [0.25, 0.3) is 0 Å². The van der Waals surface area contributed by atoms with Crippen molar-refractivity contribution in [3.63, 3.8) is 0 Å². The van der Waals surface area contributed by atoms with Crippen LogP contribution in [-0.2, 0) is 4.74 Å². The zero-order valence-electron chi connectivity index (χ0n) is 10.5. The molecule has 1 aromatic heterocycles. The van der Waals surface area contributed by atoms with Crippen molar-refractivity contribution >= 4 is 16.7 Å². The number of rotatable bonds is 2. The first-order valence-electron chi connectivity index (χ1n) is 6.46. The fourth-order valence-corrected chi connectivity index (χ4v) is 2.73. The number of aromatic amines is 1. The summed E-state index contributed by atoms with van der Waals surface area (Å²) < 4.78 is 5.41. The largest absolute Gasteiger partial charge is 0.381 e. The van der Waals surface area contributed by atoms with Crippen LogP contribution in [0.2, 0.25) is 0 Å². The minimum absolute atomic E-state index is 0.0253. The van der Waals surface area contributed by atoms with Gasteiger partial charge in [0.15, 0.2) is 5.78 Å². The smallest absolute Gasteiger partial charge is 0.170 e. The summed E-state index contributed by atoms with van der Waals surface area (Å²) in [5, 5.41) is 1.06. The van der Waals surface area contributed by atoms with Crippen molar-refractivity contribution in [1.82, 2.24) is 4.98 Å². The molecule has 2 aromatic rings. The van der Waals surface area contributed by atoms with Crippen LogP contribution in [0.3, 0.4) is 0 Å². The summed E-state index contributed by atoms with van der Waals surface area (Å²) in [7, 11) is 0. The molecule has 1 N–H and O–H groups in total. The van der Waals surface area contributed by atoms with E-state index in [0.29, 0.717) is 6.61 Å². The van der Waals surface area contributed by atoms with Gasteiger partial charge in [-0.15, -0.1) is 0 Å². The highest BCUT2D eigenvalue weighted by atomic mass is 16.5. The van der Waals surface area contributed by atoms with Gasteiger partial charge in [0.05, 0.1) is 6.61 Å². The number of Topliss-reactive ketones (excluding diaryl/α,β-unsaturated/α-hetero) is 1. The van der Waals surface area contributed by atoms with Gasteiger partial charge < -0.3 is 9.72 Å². The average Bonchev–Trinajstić information content (AvgIpc) is 2.84. The van der Waals surface area contributed by atoms with Gasteiger partial charge in [-0.05, 0) is 31.4 Å². The van der Waals surface area contributed by atoms with E-state index < -0.39 is 0 Å². The third-order valence-electron chi connectivity index (χ3n) is 3.71. The maximum atomic E-state index is 12.5. The summed E-state index contributed by atoms with van der Waals surface area (Å²) in [5.74, 6) is 0.243. The predicted molar refractivity (Wildman–Crippen MR) is 70.9 cm³/mol. The molecule has 0 radical (unpaired) electrons. The number of carbonyl (C=O) groups excluding carboxylic acids is 1. The van der Waals surface area contributed by atoms with Gasteiger partial charge in [-0.25, -0.2) is 0 Å². The Morgan fingerprint density at radius 2 is 2.33 bits per heavy atom. The summed E-state index contributed by atoms with van der Waals surface area (Å²) in [4.78, 5) is 15.7. The first kappa shape index (κ1) is 11.5. The summed E-state index contributed by atoms with van der Waals surface area (Å²) in [6.07, 6.45) is 3.77. The molecule has 0 bridgehead atoms. The lowest BCUT2D eigenvalue weighted by molar-refractivity contribution is 0.0462. The molecule has 0 spiro atoms. The minimum Gasteiger partial charge on any atom is -0.381 e. The molecule has 94 valence electrons. The minimum atomic E-state index is 0.0253. The molecule has 1 aromatic carbocycles. The maximum Gasteiger partial charge on any atom is 0.170 e. The molecule has 1 unspecified atom stereocenters. The van der Waals surface area contributed by atoms with Crippen LogP contribution in [0, 0.1) is 12.8 Å².